The molecule has 0 radical (unpaired) electrons. The number of nitrogens with one attached hydrogen (secondary N) is 1. The second-order valence-corrected chi connectivity index (χ2v) is 4.90. The number of nitrogens with zero attached hydrogens (tertiary/aromatic N) is 1. The summed E-state index contributed by atoms with van der Waals surface area (Å²) in [5.41, 5.74) is 3.19. The van der Waals surface area contributed by atoms with Gasteiger partial charge in [-0.15, -0.1) is 0 Å². The van der Waals surface area contributed by atoms with E-state index in [4.69, 9.17) is 12.2 Å². The average molecular weight is 286 g/mol. The summed E-state index contributed by atoms with van der Waals surface area (Å²) < 4.78 is 0. The predicted octanol–water partition coefficient (Wildman–Crippen LogP) is 3.79. The van der Waals surface area contributed by atoms with Crippen LogP contribution in [0.25, 0.3) is 0 Å². The van der Waals surface area contributed by atoms with Crippen molar-refractivity contribution in [1.82, 2.24) is 0 Å². The summed E-state index contributed by atoms with van der Waals surface area (Å²) in [6.07, 6.45) is 0.953. The molecule has 2 N–H and O–H groups in total. The van der Waals surface area contributed by atoms with Gasteiger partial charge in [0, 0.05) is 18.4 Å². The van der Waals surface area contributed by atoms with Crippen LogP contribution in [0, 0.1) is 0 Å². The molecule has 0 atom stereocenters. The number of benzene rings is 2. The lowest BCUT2D eigenvalue weighted by molar-refractivity contribution is 0.475. The highest BCUT2D eigenvalue weighted by atomic mass is 32.1. The monoisotopic (exact) mass is 286 g/mol. The van der Waals surface area contributed by atoms with E-state index >= 15 is 0 Å². The Morgan fingerprint density at radius 1 is 1.15 bits per heavy atom. The third-order valence-electron chi connectivity index (χ3n) is 3.18. The second-order valence-electron chi connectivity index (χ2n) is 4.52. The maximum atomic E-state index is 9.31. The van der Waals surface area contributed by atoms with Gasteiger partial charge in [-0.05, 0) is 54.5 Å². The fraction of sp³-hybridized carbons (Fsp3) is 0.188. The number of phenols is 1. The van der Waals surface area contributed by atoms with E-state index in [2.05, 4.69) is 18.3 Å². The van der Waals surface area contributed by atoms with Crippen LogP contribution >= 0.6 is 12.2 Å². The predicted molar refractivity (Wildman–Crippen MR) is 88.6 cm³/mol. The van der Waals surface area contributed by atoms with Gasteiger partial charge in [0.1, 0.15) is 5.75 Å². The van der Waals surface area contributed by atoms with Crippen LogP contribution in [0.5, 0.6) is 5.75 Å². The quantitative estimate of drug-likeness (QED) is 0.842. The van der Waals surface area contributed by atoms with Crippen LogP contribution in [0.4, 0.5) is 11.4 Å². The van der Waals surface area contributed by atoms with E-state index in [0.29, 0.717) is 5.11 Å². The summed E-state index contributed by atoms with van der Waals surface area (Å²) in [6, 6.07) is 15.1. The SMILES string of the molecule is CCc1ccccc1NC(=S)N(C)c1ccc(O)cc1. The van der Waals surface area contributed by atoms with E-state index in [-0.39, 0.29) is 5.75 Å². The minimum atomic E-state index is 0.248. The molecular weight excluding hydrogens is 268 g/mol. The van der Waals surface area contributed by atoms with Gasteiger partial charge in [0.05, 0.1) is 0 Å². The van der Waals surface area contributed by atoms with Gasteiger partial charge in [0.25, 0.3) is 0 Å². The van der Waals surface area contributed by atoms with E-state index in [1.165, 1.54) is 5.56 Å². The Balaban J connectivity index is 2.13. The third kappa shape index (κ3) is 3.27. The average Bonchev–Trinajstić information content (AvgIpc) is 2.48. The first-order valence-electron chi connectivity index (χ1n) is 6.53. The summed E-state index contributed by atoms with van der Waals surface area (Å²) in [5, 5.41) is 13.2. The molecule has 4 heteroatoms. The number of anilines is 2. The minimum absolute atomic E-state index is 0.248. The zero-order chi connectivity index (χ0) is 14.5. The highest BCUT2D eigenvalue weighted by Gasteiger charge is 2.08. The van der Waals surface area contributed by atoms with Crippen molar-refractivity contribution in [1.29, 1.82) is 0 Å². The number of aryl methyl sites for hydroxylation is 1. The van der Waals surface area contributed by atoms with Gasteiger partial charge in [-0.1, -0.05) is 25.1 Å². The lowest BCUT2D eigenvalue weighted by atomic mass is 10.1. The zero-order valence-corrected chi connectivity index (χ0v) is 12.4. The molecule has 104 valence electrons. The van der Waals surface area contributed by atoms with Crippen LogP contribution in [0.15, 0.2) is 48.5 Å². The molecule has 0 aromatic heterocycles. The molecule has 3 nitrogen and oxygen atoms in total. The molecule has 2 rings (SSSR count). The highest BCUT2D eigenvalue weighted by Crippen LogP contribution is 2.20. The fourth-order valence-electron chi connectivity index (χ4n) is 1.94. The molecule has 0 spiro atoms. The molecule has 0 aliphatic heterocycles. The van der Waals surface area contributed by atoms with Gasteiger partial charge in [-0.25, -0.2) is 0 Å². The molecule has 0 aliphatic rings. The van der Waals surface area contributed by atoms with E-state index in [0.717, 1.165) is 17.8 Å². The Morgan fingerprint density at radius 3 is 2.45 bits per heavy atom. The number of aromatic hydroxyl groups is 1. The zero-order valence-electron chi connectivity index (χ0n) is 11.6. The first-order chi connectivity index (χ1) is 9.61. The summed E-state index contributed by atoms with van der Waals surface area (Å²) >= 11 is 5.43. The lowest BCUT2D eigenvalue weighted by Crippen LogP contribution is -2.31. The Kier molecular flexibility index (Phi) is 4.58. The number of para-hydroxylation sites is 1. The summed E-state index contributed by atoms with van der Waals surface area (Å²) in [4.78, 5) is 1.88. The molecule has 0 bridgehead atoms. The fourth-order valence-corrected chi connectivity index (χ4v) is 2.16. The second kappa shape index (κ2) is 6.39. The van der Waals surface area contributed by atoms with Gasteiger partial charge in [0.15, 0.2) is 5.11 Å². The smallest absolute Gasteiger partial charge is 0.177 e. The topological polar surface area (TPSA) is 35.5 Å². The van der Waals surface area contributed by atoms with Gasteiger partial charge < -0.3 is 15.3 Å². The Hall–Kier alpha value is -2.07. The molecule has 20 heavy (non-hydrogen) atoms. The van der Waals surface area contributed by atoms with Crippen LogP contribution in [0.1, 0.15) is 12.5 Å². The number of rotatable bonds is 3. The molecule has 0 amide bonds. The van der Waals surface area contributed by atoms with Crippen LogP contribution < -0.4 is 10.2 Å². The normalized spacial score (nSPS) is 10.1. The van der Waals surface area contributed by atoms with Crippen LogP contribution in [0.3, 0.4) is 0 Å². The Morgan fingerprint density at radius 2 is 1.80 bits per heavy atom. The molecule has 0 unspecified atom stereocenters. The summed E-state index contributed by atoms with van der Waals surface area (Å²) in [6.45, 7) is 2.12. The standard InChI is InChI=1S/C16H18N2OS/c1-3-12-6-4-5-7-15(12)17-16(20)18(2)13-8-10-14(19)11-9-13/h4-11,19H,3H2,1-2H3,(H,17,20). The Bertz CT molecular complexity index is 596. The van der Waals surface area contributed by atoms with Crippen molar-refractivity contribution >= 4 is 28.7 Å². The van der Waals surface area contributed by atoms with Gasteiger partial charge in [-0.3, -0.25) is 0 Å². The molecule has 0 heterocycles. The number of hydrogen-bond acceptors (Lipinski definition) is 2. The lowest BCUT2D eigenvalue weighted by Gasteiger charge is -2.22. The summed E-state index contributed by atoms with van der Waals surface area (Å²) in [5.74, 6) is 0.248. The first kappa shape index (κ1) is 14.3. The van der Waals surface area contributed by atoms with Crippen molar-refractivity contribution in [3.8, 4) is 5.75 Å². The van der Waals surface area contributed by atoms with E-state index in [1.54, 1.807) is 12.1 Å². The van der Waals surface area contributed by atoms with Crippen molar-refractivity contribution < 1.29 is 5.11 Å². The largest absolute Gasteiger partial charge is 0.508 e. The maximum absolute atomic E-state index is 9.31. The van der Waals surface area contributed by atoms with Gasteiger partial charge in [0.2, 0.25) is 0 Å². The molecule has 0 saturated carbocycles. The van der Waals surface area contributed by atoms with Crippen molar-refractivity contribution in [2.75, 3.05) is 17.3 Å². The molecule has 0 saturated heterocycles. The number of phenolic OH excluding ortho intramolecular Hbond substituents is 1. The molecule has 2 aromatic rings. The molecule has 0 fully saturated rings. The number of hydrogen-bond donors (Lipinski definition) is 2. The molecule has 2 aromatic carbocycles. The Labute approximate surface area is 124 Å². The van der Waals surface area contributed by atoms with E-state index in [1.807, 2.05) is 42.3 Å². The van der Waals surface area contributed by atoms with Gasteiger partial charge >= 0.3 is 0 Å². The highest BCUT2D eigenvalue weighted by molar-refractivity contribution is 7.80. The van der Waals surface area contributed by atoms with Crippen LogP contribution in [0.2, 0.25) is 0 Å². The van der Waals surface area contributed by atoms with Crippen LogP contribution in [-0.4, -0.2) is 17.3 Å². The molecule has 0 aliphatic carbocycles. The minimum Gasteiger partial charge on any atom is -0.508 e. The first-order valence-corrected chi connectivity index (χ1v) is 6.94. The van der Waals surface area contributed by atoms with Crippen molar-refractivity contribution in [3.05, 3.63) is 54.1 Å². The molecular formula is C16H18N2OS. The van der Waals surface area contributed by atoms with Crippen molar-refractivity contribution in [2.24, 2.45) is 0 Å². The van der Waals surface area contributed by atoms with Crippen molar-refractivity contribution in [2.45, 2.75) is 13.3 Å². The third-order valence-corrected chi connectivity index (χ3v) is 3.56. The summed E-state index contributed by atoms with van der Waals surface area (Å²) in [7, 11) is 1.90. The van der Waals surface area contributed by atoms with E-state index in [9.17, 15) is 5.11 Å². The number of thiocarbonyl (C=S) groups is 1. The van der Waals surface area contributed by atoms with E-state index < -0.39 is 0 Å². The van der Waals surface area contributed by atoms with Crippen LogP contribution in [-0.2, 0) is 6.42 Å². The maximum Gasteiger partial charge on any atom is 0.177 e. The van der Waals surface area contributed by atoms with Gasteiger partial charge in [-0.2, -0.15) is 0 Å². The van der Waals surface area contributed by atoms with Crippen molar-refractivity contribution in [3.63, 3.8) is 0 Å².